The number of sulfonamides is 1. The van der Waals surface area contributed by atoms with Crippen LogP contribution >= 0.6 is 0 Å². The van der Waals surface area contributed by atoms with Gasteiger partial charge in [0.25, 0.3) is 0 Å². The van der Waals surface area contributed by atoms with E-state index in [0.29, 0.717) is 29.7 Å². The summed E-state index contributed by atoms with van der Waals surface area (Å²) in [6, 6.07) is 5.99. The molecule has 2 rings (SSSR count). The van der Waals surface area contributed by atoms with E-state index in [-0.39, 0.29) is 18.0 Å². The Morgan fingerprint density at radius 1 is 1.09 bits per heavy atom. The van der Waals surface area contributed by atoms with Crippen molar-refractivity contribution in [3.05, 3.63) is 58.7 Å². The summed E-state index contributed by atoms with van der Waals surface area (Å²) in [7, 11) is -3.66. The molecule has 2 N–H and O–H groups in total. The standard InChI is InChI=1S/C24H31F4N3O3S/c1-4-6-7-8-9-20-18(11-13-22(30-20)24(26,27)28)15-29-23(32)16(3)17-10-12-21(19(25)14-17)31-35(33,34)5-2/h10-14,16,31H,4-9,15H2,1-3H3,(H,29,32). The minimum absolute atomic E-state index is 0.0196. The van der Waals surface area contributed by atoms with Gasteiger partial charge in [-0.1, -0.05) is 38.3 Å². The summed E-state index contributed by atoms with van der Waals surface area (Å²) in [6.45, 7) is 4.99. The normalized spacial score (nSPS) is 12.9. The predicted molar refractivity (Wildman–Crippen MR) is 127 cm³/mol. The molecule has 1 atom stereocenters. The highest BCUT2D eigenvalue weighted by atomic mass is 32.2. The van der Waals surface area contributed by atoms with Crippen LogP contribution in [-0.4, -0.2) is 25.1 Å². The summed E-state index contributed by atoms with van der Waals surface area (Å²) in [5.41, 5.74) is -0.0785. The summed E-state index contributed by atoms with van der Waals surface area (Å²) in [5, 5.41) is 2.68. The van der Waals surface area contributed by atoms with E-state index >= 15 is 0 Å². The number of carbonyl (C=O) groups excluding carboxylic acids is 1. The Labute approximate surface area is 203 Å². The van der Waals surface area contributed by atoms with E-state index in [9.17, 15) is 30.8 Å². The number of unbranched alkanes of at least 4 members (excludes halogenated alkanes) is 3. The fourth-order valence-corrected chi connectivity index (χ4v) is 4.04. The van der Waals surface area contributed by atoms with Gasteiger partial charge in [-0.05, 0) is 56.0 Å². The number of aromatic nitrogens is 1. The number of nitrogens with zero attached hydrogens (tertiary/aromatic N) is 1. The molecule has 1 heterocycles. The number of halogens is 4. The monoisotopic (exact) mass is 517 g/mol. The van der Waals surface area contributed by atoms with Crippen molar-refractivity contribution < 1.29 is 30.8 Å². The molecule has 0 aliphatic rings. The second-order valence-corrected chi connectivity index (χ2v) is 10.3. The maximum atomic E-state index is 14.4. The number of rotatable bonds is 12. The quantitative estimate of drug-likeness (QED) is 0.286. The maximum absolute atomic E-state index is 14.4. The van der Waals surface area contributed by atoms with Crippen LogP contribution in [0.3, 0.4) is 0 Å². The van der Waals surface area contributed by atoms with Gasteiger partial charge in [-0.25, -0.2) is 17.8 Å². The van der Waals surface area contributed by atoms with Crippen molar-refractivity contribution in [2.45, 2.75) is 71.5 Å². The van der Waals surface area contributed by atoms with Crippen LogP contribution < -0.4 is 10.0 Å². The molecule has 0 radical (unpaired) electrons. The second-order valence-electron chi connectivity index (χ2n) is 8.29. The minimum atomic E-state index is -4.56. The van der Waals surface area contributed by atoms with E-state index in [0.717, 1.165) is 31.4 Å². The Morgan fingerprint density at radius 2 is 1.80 bits per heavy atom. The number of aryl methyl sites for hydroxylation is 1. The van der Waals surface area contributed by atoms with Gasteiger partial charge in [0.15, 0.2) is 0 Å². The topological polar surface area (TPSA) is 88.2 Å². The van der Waals surface area contributed by atoms with E-state index in [2.05, 4.69) is 15.0 Å². The highest BCUT2D eigenvalue weighted by Crippen LogP contribution is 2.29. The molecule has 0 saturated heterocycles. The molecule has 35 heavy (non-hydrogen) atoms. The van der Waals surface area contributed by atoms with Crippen LogP contribution in [0.25, 0.3) is 0 Å². The summed E-state index contributed by atoms with van der Waals surface area (Å²) in [6.07, 6.45) is -0.679. The van der Waals surface area contributed by atoms with Crippen LogP contribution in [0.1, 0.15) is 74.9 Å². The molecule has 0 bridgehead atoms. The van der Waals surface area contributed by atoms with Gasteiger partial charge in [0, 0.05) is 12.2 Å². The highest BCUT2D eigenvalue weighted by Gasteiger charge is 2.33. The maximum Gasteiger partial charge on any atom is 0.433 e. The number of alkyl halides is 3. The van der Waals surface area contributed by atoms with Gasteiger partial charge in [-0.2, -0.15) is 13.2 Å². The first-order chi connectivity index (χ1) is 16.4. The van der Waals surface area contributed by atoms with E-state index in [1.807, 2.05) is 6.92 Å². The molecule has 6 nitrogen and oxygen atoms in total. The molecule has 11 heteroatoms. The Balaban J connectivity index is 2.12. The third kappa shape index (κ3) is 8.48. The minimum Gasteiger partial charge on any atom is -0.351 e. The fourth-order valence-electron chi connectivity index (χ4n) is 3.39. The molecule has 0 aliphatic heterocycles. The van der Waals surface area contributed by atoms with Gasteiger partial charge in [0.1, 0.15) is 11.5 Å². The molecule has 0 spiro atoms. The van der Waals surface area contributed by atoms with Crippen LogP contribution in [0, 0.1) is 5.82 Å². The van der Waals surface area contributed by atoms with Gasteiger partial charge in [-0.15, -0.1) is 0 Å². The lowest BCUT2D eigenvalue weighted by atomic mass is 9.99. The smallest absolute Gasteiger partial charge is 0.351 e. The third-order valence-corrected chi connectivity index (χ3v) is 6.90. The first-order valence-electron chi connectivity index (χ1n) is 11.5. The molecule has 194 valence electrons. The summed E-state index contributed by atoms with van der Waals surface area (Å²) in [4.78, 5) is 16.5. The van der Waals surface area contributed by atoms with Gasteiger partial charge in [0.05, 0.1) is 17.4 Å². The molecule has 0 fully saturated rings. The molecule has 0 aliphatic carbocycles. The number of nitrogens with one attached hydrogen (secondary N) is 2. The molecular formula is C24H31F4N3O3S. The molecule has 1 aromatic heterocycles. The Hall–Kier alpha value is -2.69. The molecule has 1 aromatic carbocycles. The Kier molecular flexibility index (Phi) is 10.1. The second kappa shape index (κ2) is 12.3. The molecule has 1 amide bonds. The third-order valence-electron chi connectivity index (χ3n) is 5.61. The van der Waals surface area contributed by atoms with Crippen molar-refractivity contribution in [3.63, 3.8) is 0 Å². The van der Waals surface area contributed by atoms with Crippen molar-refractivity contribution in [1.29, 1.82) is 0 Å². The van der Waals surface area contributed by atoms with Crippen LogP contribution in [0.15, 0.2) is 30.3 Å². The average Bonchev–Trinajstić information content (AvgIpc) is 2.80. The highest BCUT2D eigenvalue weighted by molar-refractivity contribution is 7.92. The van der Waals surface area contributed by atoms with Gasteiger partial charge < -0.3 is 5.32 Å². The van der Waals surface area contributed by atoms with Crippen molar-refractivity contribution >= 4 is 21.6 Å². The zero-order valence-electron chi connectivity index (χ0n) is 20.0. The van der Waals surface area contributed by atoms with Crippen molar-refractivity contribution in [1.82, 2.24) is 10.3 Å². The van der Waals surface area contributed by atoms with Gasteiger partial charge >= 0.3 is 6.18 Å². The molecule has 1 unspecified atom stereocenters. The van der Waals surface area contributed by atoms with Crippen LogP contribution in [-0.2, 0) is 34.0 Å². The van der Waals surface area contributed by atoms with Crippen LogP contribution in [0.2, 0.25) is 0 Å². The Morgan fingerprint density at radius 3 is 2.40 bits per heavy atom. The number of pyridine rings is 1. The number of hydrogen-bond acceptors (Lipinski definition) is 4. The zero-order valence-corrected chi connectivity index (χ0v) is 20.8. The fraction of sp³-hybridized carbons (Fsp3) is 0.500. The van der Waals surface area contributed by atoms with Gasteiger partial charge in [-0.3, -0.25) is 9.52 Å². The number of anilines is 1. The molecular weight excluding hydrogens is 486 g/mol. The predicted octanol–water partition coefficient (Wildman–Crippen LogP) is 5.54. The number of benzene rings is 1. The number of amides is 1. The van der Waals surface area contributed by atoms with Crippen LogP contribution in [0.5, 0.6) is 0 Å². The lowest BCUT2D eigenvalue weighted by Gasteiger charge is -2.16. The van der Waals surface area contributed by atoms with Crippen molar-refractivity contribution in [2.75, 3.05) is 10.5 Å². The average molecular weight is 518 g/mol. The number of carbonyl (C=O) groups is 1. The van der Waals surface area contributed by atoms with Crippen LogP contribution in [0.4, 0.5) is 23.2 Å². The lowest BCUT2D eigenvalue weighted by molar-refractivity contribution is -0.141. The zero-order chi connectivity index (χ0) is 26.2. The largest absolute Gasteiger partial charge is 0.433 e. The van der Waals surface area contributed by atoms with Crippen molar-refractivity contribution in [2.24, 2.45) is 0 Å². The summed E-state index contributed by atoms with van der Waals surface area (Å²) < 4.78 is 79.2. The van der Waals surface area contributed by atoms with E-state index in [1.54, 1.807) is 6.92 Å². The molecule has 0 saturated carbocycles. The SMILES string of the molecule is CCCCCCc1nc(C(F)(F)F)ccc1CNC(=O)C(C)c1ccc(NS(=O)(=O)CC)c(F)c1. The molecule has 2 aromatic rings. The van der Waals surface area contributed by atoms with E-state index < -0.39 is 39.5 Å². The summed E-state index contributed by atoms with van der Waals surface area (Å²) in [5.74, 6) is -2.27. The van der Waals surface area contributed by atoms with E-state index in [1.165, 1.54) is 25.1 Å². The lowest BCUT2D eigenvalue weighted by Crippen LogP contribution is -2.28. The van der Waals surface area contributed by atoms with E-state index in [4.69, 9.17) is 0 Å². The van der Waals surface area contributed by atoms with Gasteiger partial charge in [0.2, 0.25) is 15.9 Å². The summed E-state index contributed by atoms with van der Waals surface area (Å²) >= 11 is 0. The first-order valence-corrected chi connectivity index (χ1v) is 13.2. The Bertz CT molecular complexity index is 1120. The van der Waals surface area contributed by atoms with Crippen molar-refractivity contribution in [3.8, 4) is 0 Å². The first kappa shape index (κ1) is 28.5. The number of hydrogen-bond donors (Lipinski definition) is 2.